The largest absolute Gasteiger partial charge is 0.366 e. The standard InChI is InChI=1S/C16H21N3O2/c1-10-5-6-12(15(17)21)7-13(10)9-19-11(2)18-16(3,4)8-14(19)20/h5-7,18H,2,8-9H2,1,3-4H3,(H2,17,21). The first-order valence-corrected chi connectivity index (χ1v) is 6.86. The predicted octanol–water partition coefficient (Wildman–Crippen LogP) is 1.67. The minimum Gasteiger partial charge on any atom is -0.366 e. The van der Waals surface area contributed by atoms with Crippen LogP contribution >= 0.6 is 0 Å². The molecule has 0 bridgehead atoms. The van der Waals surface area contributed by atoms with Crippen molar-refractivity contribution in [2.45, 2.75) is 39.3 Å². The third kappa shape index (κ3) is 3.24. The maximum absolute atomic E-state index is 12.3. The SMILES string of the molecule is C=C1NC(C)(C)CC(=O)N1Cc1cc(C(N)=O)ccc1C. The minimum atomic E-state index is -0.473. The van der Waals surface area contributed by atoms with Crippen molar-refractivity contribution < 1.29 is 9.59 Å². The lowest BCUT2D eigenvalue weighted by Crippen LogP contribution is -2.53. The molecule has 0 radical (unpaired) electrons. The number of nitrogens with zero attached hydrogens (tertiary/aromatic N) is 1. The normalized spacial score (nSPS) is 17.6. The van der Waals surface area contributed by atoms with E-state index < -0.39 is 5.91 Å². The number of nitrogens with one attached hydrogen (secondary N) is 1. The van der Waals surface area contributed by atoms with Crippen LogP contribution < -0.4 is 11.1 Å². The highest BCUT2D eigenvalue weighted by Crippen LogP contribution is 2.24. The lowest BCUT2D eigenvalue weighted by molar-refractivity contribution is -0.133. The Morgan fingerprint density at radius 1 is 1.48 bits per heavy atom. The summed E-state index contributed by atoms with van der Waals surface area (Å²) in [5.74, 6) is 0.132. The van der Waals surface area contributed by atoms with Gasteiger partial charge in [0.15, 0.2) is 0 Å². The Morgan fingerprint density at radius 3 is 2.71 bits per heavy atom. The van der Waals surface area contributed by atoms with E-state index in [9.17, 15) is 9.59 Å². The van der Waals surface area contributed by atoms with E-state index in [1.54, 1.807) is 17.0 Å². The molecule has 21 heavy (non-hydrogen) atoms. The zero-order valence-corrected chi connectivity index (χ0v) is 12.7. The quantitative estimate of drug-likeness (QED) is 0.888. The summed E-state index contributed by atoms with van der Waals surface area (Å²) < 4.78 is 0. The van der Waals surface area contributed by atoms with Crippen molar-refractivity contribution in [2.24, 2.45) is 5.73 Å². The van der Waals surface area contributed by atoms with Gasteiger partial charge in [-0.1, -0.05) is 12.6 Å². The van der Waals surface area contributed by atoms with Gasteiger partial charge in [0.2, 0.25) is 11.8 Å². The molecule has 112 valence electrons. The van der Waals surface area contributed by atoms with Gasteiger partial charge in [-0.05, 0) is 44.0 Å². The molecule has 1 heterocycles. The lowest BCUT2D eigenvalue weighted by Gasteiger charge is -2.40. The zero-order chi connectivity index (χ0) is 15.8. The van der Waals surface area contributed by atoms with Crippen molar-refractivity contribution in [1.82, 2.24) is 10.2 Å². The summed E-state index contributed by atoms with van der Waals surface area (Å²) in [5.41, 5.74) is 7.36. The number of aryl methyl sites for hydroxylation is 1. The summed E-state index contributed by atoms with van der Waals surface area (Å²) >= 11 is 0. The summed E-state index contributed by atoms with van der Waals surface area (Å²) in [7, 11) is 0. The van der Waals surface area contributed by atoms with Gasteiger partial charge in [-0.15, -0.1) is 0 Å². The number of carbonyl (C=O) groups is 2. The molecule has 0 unspecified atom stereocenters. The molecule has 0 saturated carbocycles. The van der Waals surface area contributed by atoms with Crippen LogP contribution in [0.2, 0.25) is 0 Å². The number of amides is 2. The van der Waals surface area contributed by atoms with Crippen LogP contribution in [0.15, 0.2) is 30.6 Å². The van der Waals surface area contributed by atoms with Crippen molar-refractivity contribution in [2.75, 3.05) is 0 Å². The number of nitrogens with two attached hydrogens (primary N) is 1. The molecule has 0 aliphatic carbocycles. The van der Waals surface area contributed by atoms with Gasteiger partial charge in [-0.3, -0.25) is 14.5 Å². The molecule has 1 aromatic carbocycles. The van der Waals surface area contributed by atoms with E-state index in [2.05, 4.69) is 11.9 Å². The molecule has 5 heteroatoms. The van der Waals surface area contributed by atoms with Crippen LogP contribution in [0.4, 0.5) is 0 Å². The maximum Gasteiger partial charge on any atom is 0.248 e. The Labute approximate surface area is 124 Å². The molecular formula is C16H21N3O2. The monoisotopic (exact) mass is 287 g/mol. The Kier molecular flexibility index (Phi) is 3.77. The minimum absolute atomic E-state index is 0.0210. The van der Waals surface area contributed by atoms with E-state index in [1.807, 2.05) is 26.8 Å². The van der Waals surface area contributed by atoms with Crippen molar-refractivity contribution in [3.63, 3.8) is 0 Å². The van der Waals surface area contributed by atoms with Gasteiger partial charge in [-0.2, -0.15) is 0 Å². The first-order valence-electron chi connectivity index (χ1n) is 6.86. The molecule has 5 nitrogen and oxygen atoms in total. The fourth-order valence-corrected chi connectivity index (χ4v) is 2.48. The first kappa shape index (κ1) is 15.1. The molecule has 2 amide bonds. The topological polar surface area (TPSA) is 75.4 Å². The van der Waals surface area contributed by atoms with Crippen molar-refractivity contribution >= 4 is 11.8 Å². The molecule has 0 spiro atoms. The van der Waals surface area contributed by atoms with E-state index in [-0.39, 0.29) is 11.4 Å². The number of carbonyl (C=O) groups excluding carboxylic acids is 2. The second-order valence-electron chi connectivity index (χ2n) is 6.12. The third-order valence-electron chi connectivity index (χ3n) is 3.66. The van der Waals surface area contributed by atoms with Crippen molar-refractivity contribution in [3.8, 4) is 0 Å². The molecule has 2 rings (SSSR count). The predicted molar refractivity (Wildman–Crippen MR) is 81.2 cm³/mol. The molecule has 1 saturated heterocycles. The highest BCUT2D eigenvalue weighted by molar-refractivity contribution is 5.93. The van der Waals surface area contributed by atoms with Crippen LogP contribution in [0.25, 0.3) is 0 Å². The zero-order valence-electron chi connectivity index (χ0n) is 12.7. The molecule has 1 fully saturated rings. The van der Waals surface area contributed by atoms with E-state index in [4.69, 9.17) is 5.73 Å². The van der Waals surface area contributed by atoms with Gasteiger partial charge < -0.3 is 11.1 Å². The van der Waals surface area contributed by atoms with Crippen LogP contribution in [0, 0.1) is 6.92 Å². The van der Waals surface area contributed by atoms with Gasteiger partial charge in [0.25, 0.3) is 0 Å². The average Bonchev–Trinajstić information content (AvgIpc) is 2.34. The van der Waals surface area contributed by atoms with E-state index >= 15 is 0 Å². The average molecular weight is 287 g/mol. The van der Waals surface area contributed by atoms with Gasteiger partial charge in [0, 0.05) is 17.5 Å². The van der Waals surface area contributed by atoms with E-state index in [0.717, 1.165) is 11.1 Å². The van der Waals surface area contributed by atoms with Crippen LogP contribution in [-0.4, -0.2) is 22.3 Å². The van der Waals surface area contributed by atoms with Crippen LogP contribution in [0.1, 0.15) is 41.8 Å². The number of hydrogen-bond acceptors (Lipinski definition) is 3. The lowest BCUT2D eigenvalue weighted by atomic mass is 9.96. The summed E-state index contributed by atoms with van der Waals surface area (Å²) in [5, 5.41) is 3.23. The first-order chi connectivity index (χ1) is 9.69. The number of primary amides is 1. The Balaban J connectivity index is 2.26. The Morgan fingerprint density at radius 2 is 2.14 bits per heavy atom. The molecule has 0 atom stereocenters. The highest BCUT2D eigenvalue weighted by atomic mass is 16.2. The molecule has 1 aromatic rings. The molecule has 1 aliphatic heterocycles. The van der Waals surface area contributed by atoms with Gasteiger partial charge in [0.05, 0.1) is 6.54 Å². The van der Waals surface area contributed by atoms with Crippen LogP contribution in [0.5, 0.6) is 0 Å². The van der Waals surface area contributed by atoms with Crippen LogP contribution in [0.3, 0.4) is 0 Å². The smallest absolute Gasteiger partial charge is 0.248 e. The summed E-state index contributed by atoms with van der Waals surface area (Å²) in [6, 6.07) is 5.26. The van der Waals surface area contributed by atoms with Crippen LogP contribution in [-0.2, 0) is 11.3 Å². The van der Waals surface area contributed by atoms with E-state index in [0.29, 0.717) is 24.4 Å². The number of benzene rings is 1. The van der Waals surface area contributed by atoms with Gasteiger partial charge >= 0.3 is 0 Å². The third-order valence-corrected chi connectivity index (χ3v) is 3.66. The highest BCUT2D eigenvalue weighted by Gasteiger charge is 2.33. The molecule has 3 N–H and O–H groups in total. The Hall–Kier alpha value is -2.30. The van der Waals surface area contributed by atoms with Gasteiger partial charge in [0.1, 0.15) is 5.82 Å². The molecular weight excluding hydrogens is 266 g/mol. The number of rotatable bonds is 3. The van der Waals surface area contributed by atoms with Crippen molar-refractivity contribution in [1.29, 1.82) is 0 Å². The fraction of sp³-hybridized carbons (Fsp3) is 0.375. The van der Waals surface area contributed by atoms with Gasteiger partial charge in [-0.25, -0.2) is 0 Å². The summed E-state index contributed by atoms with van der Waals surface area (Å²) in [4.78, 5) is 25.2. The number of hydrogen-bond donors (Lipinski definition) is 2. The Bertz CT molecular complexity index is 600. The second-order valence-corrected chi connectivity index (χ2v) is 6.12. The fourth-order valence-electron chi connectivity index (χ4n) is 2.48. The summed E-state index contributed by atoms with van der Waals surface area (Å²) in [6.45, 7) is 10.2. The van der Waals surface area contributed by atoms with Crippen molar-refractivity contribution in [3.05, 3.63) is 47.3 Å². The summed E-state index contributed by atoms with van der Waals surface area (Å²) in [6.07, 6.45) is 0.403. The molecule has 0 aromatic heterocycles. The van der Waals surface area contributed by atoms with E-state index in [1.165, 1.54) is 0 Å². The molecule has 1 aliphatic rings. The second kappa shape index (κ2) is 5.24. The maximum atomic E-state index is 12.3.